The lowest BCUT2D eigenvalue weighted by Crippen LogP contribution is -2.08. The van der Waals surface area contributed by atoms with Crippen LogP contribution in [0.5, 0.6) is 0 Å². The fraction of sp³-hybridized carbons (Fsp3) is 0.333. The molecule has 0 aliphatic rings. The Hall–Kier alpha value is -0.260. The van der Waals surface area contributed by atoms with Gasteiger partial charge in [-0.15, -0.1) is 11.6 Å². The second kappa shape index (κ2) is 4.72. The molecule has 0 saturated heterocycles. The lowest BCUT2D eigenvalue weighted by atomic mass is 10.1. The van der Waals surface area contributed by atoms with Gasteiger partial charge in [-0.3, -0.25) is 0 Å². The van der Waals surface area contributed by atoms with Crippen molar-refractivity contribution in [3.05, 3.63) is 33.8 Å². The molecular formula is C9H7BrClF3O. The molecule has 6 heteroatoms. The number of alkyl halides is 4. The molecule has 0 amide bonds. The van der Waals surface area contributed by atoms with Gasteiger partial charge in [-0.25, -0.2) is 0 Å². The number of rotatable bonds is 2. The Balaban J connectivity index is 3.17. The molecule has 0 radical (unpaired) electrons. The largest absolute Gasteiger partial charge is 0.416 e. The van der Waals surface area contributed by atoms with Crippen LogP contribution >= 0.6 is 27.5 Å². The molecule has 0 heterocycles. The van der Waals surface area contributed by atoms with E-state index in [1.807, 2.05) is 0 Å². The highest BCUT2D eigenvalue weighted by molar-refractivity contribution is 9.10. The first-order valence-corrected chi connectivity index (χ1v) is 5.29. The van der Waals surface area contributed by atoms with Crippen molar-refractivity contribution in [1.82, 2.24) is 0 Å². The van der Waals surface area contributed by atoms with Crippen LogP contribution in [0.4, 0.5) is 13.2 Å². The molecule has 1 rings (SSSR count). The third kappa shape index (κ3) is 3.09. The molecule has 0 unspecified atom stereocenters. The first-order chi connectivity index (χ1) is 6.86. The SMILES string of the molecule is O[C@H](CCl)c1cc(C(F)(F)F)ccc1Br. The predicted octanol–water partition coefficient (Wildman–Crippen LogP) is 3.74. The Labute approximate surface area is 98.0 Å². The van der Waals surface area contributed by atoms with Gasteiger partial charge in [0.05, 0.1) is 17.5 Å². The molecule has 1 aromatic rings. The van der Waals surface area contributed by atoms with Crippen LogP contribution in [0.15, 0.2) is 22.7 Å². The zero-order valence-electron chi connectivity index (χ0n) is 7.35. The minimum atomic E-state index is -4.42. The van der Waals surface area contributed by atoms with Gasteiger partial charge in [-0.1, -0.05) is 15.9 Å². The van der Waals surface area contributed by atoms with Gasteiger partial charge in [-0.05, 0) is 23.8 Å². The van der Waals surface area contributed by atoms with Gasteiger partial charge in [0.1, 0.15) is 0 Å². The van der Waals surface area contributed by atoms with Crippen molar-refractivity contribution < 1.29 is 18.3 Å². The molecular weight excluding hydrogens is 296 g/mol. The number of halogens is 5. The molecule has 0 bridgehead atoms. The monoisotopic (exact) mass is 302 g/mol. The van der Waals surface area contributed by atoms with Gasteiger partial charge in [0, 0.05) is 4.47 Å². The summed E-state index contributed by atoms with van der Waals surface area (Å²) in [5, 5.41) is 9.37. The highest BCUT2D eigenvalue weighted by Crippen LogP contribution is 2.34. The molecule has 1 atom stereocenters. The van der Waals surface area contributed by atoms with E-state index in [0.29, 0.717) is 4.47 Å². The summed E-state index contributed by atoms with van der Waals surface area (Å²) in [6, 6.07) is 3.07. The standard InChI is InChI=1S/C9H7BrClF3O/c10-7-2-1-5(9(12,13)14)3-6(7)8(15)4-11/h1-3,8,15H,4H2/t8-/m1/s1. The van der Waals surface area contributed by atoms with Crippen LogP contribution in [-0.2, 0) is 6.18 Å². The summed E-state index contributed by atoms with van der Waals surface area (Å²) < 4.78 is 37.4. The van der Waals surface area contributed by atoms with E-state index < -0.39 is 17.8 Å². The minimum absolute atomic E-state index is 0.139. The van der Waals surface area contributed by atoms with Crippen molar-refractivity contribution in [3.63, 3.8) is 0 Å². The van der Waals surface area contributed by atoms with Crippen LogP contribution in [0.1, 0.15) is 17.2 Å². The van der Waals surface area contributed by atoms with Crippen LogP contribution in [0.3, 0.4) is 0 Å². The first-order valence-electron chi connectivity index (χ1n) is 3.97. The summed E-state index contributed by atoms with van der Waals surface area (Å²) in [7, 11) is 0. The molecule has 84 valence electrons. The van der Waals surface area contributed by atoms with E-state index in [2.05, 4.69) is 15.9 Å². The summed E-state index contributed by atoms with van der Waals surface area (Å²) in [6.45, 7) is 0. The summed E-state index contributed by atoms with van der Waals surface area (Å²) in [5.41, 5.74) is -0.662. The normalized spacial score (nSPS) is 14.0. The van der Waals surface area contributed by atoms with Gasteiger partial charge in [0.15, 0.2) is 0 Å². The summed E-state index contributed by atoms with van der Waals surface area (Å²) in [4.78, 5) is 0. The predicted molar refractivity (Wildman–Crippen MR) is 54.8 cm³/mol. The van der Waals surface area contributed by atoms with Crippen LogP contribution < -0.4 is 0 Å². The lowest BCUT2D eigenvalue weighted by Gasteiger charge is -2.13. The Kier molecular flexibility index (Phi) is 4.03. The van der Waals surface area contributed by atoms with Gasteiger partial charge in [-0.2, -0.15) is 13.2 Å². The quantitative estimate of drug-likeness (QED) is 0.825. The number of hydrogen-bond acceptors (Lipinski definition) is 1. The Morgan fingerprint density at radius 1 is 1.40 bits per heavy atom. The van der Waals surface area contributed by atoms with E-state index >= 15 is 0 Å². The van der Waals surface area contributed by atoms with Gasteiger partial charge < -0.3 is 5.11 Å². The van der Waals surface area contributed by atoms with Gasteiger partial charge in [0.25, 0.3) is 0 Å². The molecule has 1 aromatic carbocycles. The molecule has 1 N–H and O–H groups in total. The average Bonchev–Trinajstić information content (AvgIpc) is 2.15. The maximum absolute atomic E-state index is 12.3. The highest BCUT2D eigenvalue weighted by atomic mass is 79.9. The number of aliphatic hydroxyl groups excluding tert-OH is 1. The maximum atomic E-state index is 12.3. The molecule has 15 heavy (non-hydrogen) atoms. The van der Waals surface area contributed by atoms with E-state index in [1.165, 1.54) is 6.07 Å². The Bertz CT molecular complexity index is 354. The molecule has 0 spiro atoms. The fourth-order valence-electron chi connectivity index (χ4n) is 1.06. The molecule has 0 aliphatic heterocycles. The van der Waals surface area contributed by atoms with Crippen LogP contribution in [-0.4, -0.2) is 11.0 Å². The number of benzene rings is 1. The van der Waals surface area contributed by atoms with Gasteiger partial charge >= 0.3 is 6.18 Å². The zero-order chi connectivity index (χ0) is 11.6. The number of aliphatic hydroxyl groups is 1. The van der Waals surface area contributed by atoms with Gasteiger partial charge in [0.2, 0.25) is 0 Å². The highest BCUT2D eigenvalue weighted by Gasteiger charge is 2.31. The second-order valence-electron chi connectivity index (χ2n) is 2.90. The van der Waals surface area contributed by atoms with E-state index in [4.69, 9.17) is 11.6 Å². The average molecular weight is 304 g/mol. The topological polar surface area (TPSA) is 20.2 Å². The second-order valence-corrected chi connectivity index (χ2v) is 4.07. The maximum Gasteiger partial charge on any atom is 0.416 e. The van der Waals surface area contributed by atoms with Crippen molar-refractivity contribution in [2.45, 2.75) is 12.3 Å². The van der Waals surface area contributed by atoms with Crippen molar-refractivity contribution >= 4 is 27.5 Å². The smallest absolute Gasteiger partial charge is 0.387 e. The summed E-state index contributed by atoms with van der Waals surface area (Å²) in [5.74, 6) is -0.153. The zero-order valence-corrected chi connectivity index (χ0v) is 9.70. The Morgan fingerprint density at radius 2 is 2.00 bits per heavy atom. The summed E-state index contributed by atoms with van der Waals surface area (Å²) in [6.07, 6.45) is -5.52. The Morgan fingerprint density at radius 3 is 2.47 bits per heavy atom. The first kappa shape index (κ1) is 12.8. The minimum Gasteiger partial charge on any atom is -0.387 e. The van der Waals surface area contributed by atoms with Crippen LogP contribution in [0.2, 0.25) is 0 Å². The molecule has 0 fully saturated rings. The van der Waals surface area contributed by atoms with Crippen molar-refractivity contribution in [2.24, 2.45) is 0 Å². The lowest BCUT2D eigenvalue weighted by molar-refractivity contribution is -0.137. The number of hydrogen-bond donors (Lipinski definition) is 1. The molecule has 0 aromatic heterocycles. The van der Waals surface area contributed by atoms with E-state index in [0.717, 1.165) is 12.1 Å². The van der Waals surface area contributed by atoms with Crippen LogP contribution in [0, 0.1) is 0 Å². The molecule has 0 aliphatic carbocycles. The van der Waals surface area contributed by atoms with Crippen molar-refractivity contribution in [2.75, 3.05) is 5.88 Å². The fourth-order valence-corrected chi connectivity index (χ4v) is 1.74. The van der Waals surface area contributed by atoms with E-state index in [9.17, 15) is 18.3 Å². The third-order valence-electron chi connectivity index (χ3n) is 1.83. The van der Waals surface area contributed by atoms with E-state index in [1.54, 1.807) is 0 Å². The third-order valence-corrected chi connectivity index (χ3v) is 2.84. The van der Waals surface area contributed by atoms with Crippen molar-refractivity contribution in [1.29, 1.82) is 0 Å². The van der Waals surface area contributed by atoms with Crippen molar-refractivity contribution in [3.8, 4) is 0 Å². The van der Waals surface area contributed by atoms with Crippen LogP contribution in [0.25, 0.3) is 0 Å². The van der Waals surface area contributed by atoms with E-state index in [-0.39, 0.29) is 11.4 Å². The summed E-state index contributed by atoms with van der Waals surface area (Å²) >= 11 is 8.43. The molecule has 0 saturated carbocycles. The molecule has 1 nitrogen and oxygen atoms in total.